The maximum atomic E-state index is 11.9. The Kier molecular flexibility index (Phi) is 5.34. The number of hydrogen-bond acceptors (Lipinski definition) is 3. The molecule has 0 saturated carbocycles. The zero-order valence-electron chi connectivity index (χ0n) is 10.8. The largest absolute Gasteiger partial charge is 0.361 e. The maximum absolute atomic E-state index is 11.9. The number of hydrogen-bond donors (Lipinski definition) is 0. The second kappa shape index (κ2) is 7.01. The molecular formula is C14H16BrNO2S. The van der Waals surface area contributed by atoms with E-state index in [1.54, 1.807) is 0 Å². The van der Waals surface area contributed by atoms with Gasteiger partial charge in [0.2, 0.25) is 0 Å². The lowest BCUT2D eigenvalue weighted by Crippen LogP contribution is -2.03. The lowest BCUT2D eigenvalue weighted by atomic mass is 10.1. The fraction of sp³-hybridized carbons (Fsp3) is 0.357. The Morgan fingerprint density at radius 1 is 1.37 bits per heavy atom. The third-order valence-corrected chi connectivity index (χ3v) is 4.90. The van der Waals surface area contributed by atoms with Crippen LogP contribution in [0.25, 0.3) is 0 Å². The van der Waals surface area contributed by atoms with Crippen LogP contribution in [0.1, 0.15) is 23.4 Å². The molecule has 2 aromatic rings. The van der Waals surface area contributed by atoms with Crippen molar-refractivity contribution in [3.05, 3.63) is 51.8 Å². The molecule has 0 aliphatic rings. The molecule has 1 aromatic heterocycles. The molecule has 0 fully saturated rings. The summed E-state index contributed by atoms with van der Waals surface area (Å²) in [6, 6.07) is 9.98. The van der Waals surface area contributed by atoms with Crippen LogP contribution in [0.4, 0.5) is 0 Å². The fourth-order valence-corrected chi connectivity index (χ4v) is 3.41. The molecule has 2 rings (SSSR count). The van der Waals surface area contributed by atoms with E-state index >= 15 is 0 Å². The smallest absolute Gasteiger partial charge is 0.133 e. The van der Waals surface area contributed by atoms with Gasteiger partial charge in [-0.15, -0.1) is 0 Å². The van der Waals surface area contributed by atoms with E-state index in [0.29, 0.717) is 11.5 Å². The molecule has 19 heavy (non-hydrogen) atoms. The van der Waals surface area contributed by atoms with Gasteiger partial charge < -0.3 is 4.52 Å². The van der Waals surface area contributed by atoms with E-state index in [0.717, 1.165) is 28.8 Å². The molecule has 1 heterocycles. The predicted octanol–water partition coefficient (Wildman–Crippen LogP) is 3.63. The van der Waals surface area contributed by atoms with Crippen molar-refractivity contribution in [1.82, 2.24) is 5.16 Å². The molecule has 0 aliphatic heterocycles. The lowest BCUT2D eigenvalue weighted by Gasteiger charge is -2.03. The second-order valence-corrected chi connectivity index (χ2v) is 6.84. The third-order valence-electron chi connectivity index (χ3n) is 2.76. The highest BCUT2D eigenvalue weighted by Crippen LogP contribution is 2.17. The molecule has 0 aliphatic carbocycles. The van der Waals surface area contributed by atoms with Crippen LogP contribution in [-0.2, 0) is 23.0 Å². The van der Waals surface area contributed by atoms with Gasteiger partial charge in [-0.2, -0.15) is 0 Å². The Balaban J connectivity index is 1.77. The SMILES string of the molecule is Cc1cc(CS(=O)CCCc2ccccc2Br)no1. The molecule has 1 aromatic carbocycles. The van der Waals surface area contributed by atoms with Crippen molar-refractivity contribution in [1.29, 1.82) is 0 Å². The van der Waals surface area contributed by atoms with Crippen molar-refractivity contribution >= 4 is 26.7 Å². The first kappa shape index (κ1) is 14.5. The van der Waals surface area contributed by atoms with Crippen LogP contribution in [-0.4, -0.2) is 15.1 Å². The van der Waals surface area contributed by atoms with Gasteiger partial charge in [0.25, 0.3) is 0 Å². The summed E-state index contributed by atoms with van der Waals surface area (Å²) in [7, 11) is -0.876. The van der Waals surface area contributed by atoms with Crippen molar-refractivity contribution in [2.45, 2.75) is 25.5 Å². The van der Waals surface area contributed by atoms with Crippen LogP contribution in [0.15, 0.2) is 39.3 Å². The highest BCUT2D eigenvalue weighted by molar-refractivity contribution is 9.10. The minimum Gasteiger partial charge on any atom is -0.361 e. The van der Waals surface area contributed by atoms with E-state index in [4.69, 9.17) is 4.52 Å². The standard InChI is InChI=1S/C14H16BrNO2S/c1-11-9-13(16-18-11)10-19(17)8-4-6-12-5-2-3-7-14(12)15/h2-3,5,7,9H,4,6,8,10H2,1H3. The number of aromatic nitrogens is 1. The van der Waals surface area contributed by atoms with Crippen molar-refractivity contribution in [2.75, 3.05) is 5.75 Å². The molecule has 102 valence electrons. The number of halogens is 1. The summed E-state index contributed by atoms with van der Waals surface area (Å²) in [5.74, 6) is 1.93. The van der Waals surface area contributed by atoms with Crippen LogP contribution >= 0.6 is 15.9 Å². The monoisotopic (exact) mass is 341 g/mol. The van der Waals surface area contributed by atoms with Gasteiger partial charge in [-0.05, 0) is 31.4 Å². The molecule has 0 spiro atoms. The van der Waals surface area contributed by atoms with Gasteiger partial charge in [0, 0.05) is 27.1 Å². The minimum absolute atomic E-state index is 0.479. The van der Waals surface area contributed by atoms with E-state index in [9.17, 15) is 4.21 Å². The second-order valence-electron chi connectivity index (χ2n) is 4.41. The zero-order chi connectivity index (χ0) is 13.7. The first-order valence-electron chi connectivity index (χ1n) is 6.16. The average Bonchev–Trinajstić information content (AvgIpc) is 2.77. The van der Waals surface area contributed by atoms with E-state index in [1.165, 1.54) is 5.56 Å². The normalized spacial score (nSPS) is 12.5. The van der Waals surface area contributed by atoms with E-state index < -0.39 is 10.8 Å². The predicted molar refractivity (Wildman–Crippen MR) is 80.4 cm³/mol. The Labute approximate surface area is 124 Å². The van der Waals surface area contributed by atoms with Crippen molar-refractivity contribution in [3.8, 4) is 0 Å². The number of aryl methyl sites for hydroxylation is 2. The van der Waals surface area contributed by atoms with Gasteiger partial charge in [-0.25, -0.2) is 0 Å². The summed E-state index contributed by atoms with van der Waals surface area (Å²) in [6.07, 6.45) is 1.84. The molecule has 3 nitrogen and oxygen atoms in total. The Morgan fingerprint density at radius 2 is 2.16 bits per heavy atom. The Morgan fingerprint density at radius 3 is 2.84 bits per heavy atom. The van der Waals surface area contributed by atoms with Gasteiger partial charge >= 0.3 is 0 Å². The Hall–Kier alpha value is -0.940. The quantitative estimate of drug-likeness (QED) is 0.805. The van der Waals surface area contributed by atoms with Crippen LogP contribution in [0.3, 0.4) is 0 Å². The maximum Gasteiger partial charge on any atom is 0.133 e. The number of benzene rings is 1. The summed E-state index contributed by atoms with van der Waals surface area (Å²) in [6.45, 7) is 1.84. The average molecular weight is 342 g/mol. The molecule has 5 heteroatoms. The summed E-state index contributed by atoms with van der Waals surface area (Å²) >= 11 is 3.52. The molecule has 0 N–H and O–H groups in total. The molecule has 0 amide bonds. The highest BCUT2D eigenvalue weighted by atomic mass is 79.9. The molecule has 0 saturated heterocycles. The molecule has 0 bridgehead atoms. The van der Waals surface area contributed by atoms with Gasteiger partial charge in [0.15, 0.2) is 0 Å². The fourth-order valence-electron chi connectivity index (χ4n) is 1.85. The van der Waals surface area contributed by atoms with Gasteiger partial charge in [0.05, 0.1) is 11.4 Å². The number of nitrogens with zero attached hydrogens (tertiary/aromatic N) is 1. The van der Waals surface area contributed by atoms with Crippen molar-refractivity contribution in [2.24, 2.45) is 0 Å². The van der Waals surface area contributed by atoms with Crippen molar-refractivity contribution in [3.63, 3.8) is 0 Å². The minimum atomic E-state index is -0.876. The van der Waals surface area contributed by atoms with E-state index in [2.05, 4.69) is 27.2 Å². The molecule has 0 radical (unpaired) electrons. The third kappa shape index (κ3) is 4.58. The molecular weight excluding hydrogens is 326 g/mol. The highest BCUT2D eigenvalue weighted by Gasteiger charge is 2.07. The van der Waals surface area contributed by atoms with Crippen LogP contribution in [0, 0.1) is 6.92 Å². The van der Waals surface area contributed by atoms with Gasteiger partial charge in [0.1, 0.15) is 5.76 Å². The molecule has 1 unspecified atom stereocenters. The molecule has 1 atom stereocenters. The summed E-state index contributed by atoms with van der Waals surface area (Å²) in [5.41, 5.74) is 2.04. The summed E-state index contributed by atoms with van der Waals surface area (Å²) in [5, 5.41) is 3.86. The van der Waals surface area contributed by atoms with Crippen molar-refractivity contribution < 1.29 is 8.73 Å². The topological polar surface area (TPSA) is 43.1 Å². The Bertz CT molecular complexity index is 568. The van der Waals surface area contributed by atoms with Crippen LogP contribution in [0.2, 0.25) is 0 Å². The van der Waals surface area contributed by atoms with E-state index in [1.807, 2.05) is 31.2 Å². The first-order valence-corrected chi connectivity index (χ1v) is 8.44. The van der Waals surface area contributed by atoms with Crippen LogP contribution in [0.5, 0.6) is 0 Å². The van der Waals surface area contributed by atoms with Gasteiger partial charge in [-0.1, -0.05) is 39.3 Å². The summed E-state index contributed by atoms with van der Waals surface area (Å²) in [4.78, 5) is 0. The summed E-state index contributed by atoms with van der Waals surface area (Å²) < 4.78 is 18.0. The number of rotatable bonds is 6. The van der Waals surface area contributed by atoms with Gasteiger partial charge in [-0.3, -0.25) is 4.21 Å². The van der Waals surface area contributed by atoms with Crippen LogP contribution < -0.4 is 0 Å². The first-order chi connectivity index (χ1) is 9.15. The van der Waals surface area contributed by atoms with E-state index in [-0.39, 0.29) is 0 Å². The lowest BCUT2D eigenvalue weighted by molar-refractivity contribution is 0.392. The zero-order valence-corrected chi connectivity index (χ0v) is 13.2.